The largest absolute Gasteiger partial charge is 0.497 e. The fourth-order valence-electron chi connectivity index (χ4n) is 1.52. The van der Waals surface area contributed by atoms with E-state index in [0.29, 0.717) is 17.1 Å². The second-order valence-electron chi connectivity index (χ2n) is 3.53. The van der Waals surface area contributed by atoms with Gasteiger partial charge in [-0.25, -0.2) is 8.78 Å². The third-order valence-corrected chi connectivity index (χ3v) is 2.24. The number of anilines is 2. The Hall–Kier alpha value is -1.56. The molecular weight excluding hydrogens is 230 g/mol. The first-order chi connectivity index (χ1) is 8.06. The Morgan fingerprint density at radius 1 is 1.41 bits per heavy atom. The number of nitrogen functional groups attached to an aromatic ring is 1. The molecule has 0 bridgehead atoms. The Kier molecular flexibility index (Phi) is 4.96. The number of hydrogen-bond acceptors (Lipinski definition) is 4. The normalized spacial score (nSPS) is 10.6. The number of nitrogens with two attached hydrogens (primary N) is 1. The molecule has 0 radical (unpaired) electrons. The number of benzene rings is 1. The van der Waals surface area contributed by atoms with Crippen LogP contribution in [0.1, 0.15) is 0 Å². The molecule has 0 amide bonds. The highest BCUT2D eigenvalue weighted by atomic mass is 19.3. The lowest BCUT2D eigenvalue weighted by Gasteiger charge is -2.24. The minimum absolute atomic E-state index is 0.122. The molecule has 0 atom stereocenters. The van der Waals surface area contributed by atoms with Gasteiger partial charge in [0.25, 0.3) is 6.43 Å². The molecule has 0 aliphatic heterocycles. The zero-order chi connectivity index (χ0) is 12.8. The molecule has 1 aromatic carbocycles. The molecule has 0 aromatic heterocycles. The van der Waals surface area contributed by atoms with Crippen LogP contribution in [0.2, 0.25) is 0 Å². The van der Waals surface area contributed by atoms with Gasteiger partial charge in [-0.05, 0) is 6.07 Å². The average Bonchev–Trinajstić information content (AvgIpc) is 2.27. The molecule has 1 aromatic rings. The van der Waals surface area contributed by atoms with Crippen molar-refractivity contribution < 1.29 is 18.6 Å². The van der Waals surface area contributed by atoms with Crippen LogP contribution in [0.15, 0.2) is 18.2 Å². The minimum Gasteiger partial charge on any atom is -0.497 e. The van der Waals surface area contributed by atoms with E-state index in [4.69, 9.17) is 15.6 Å². The third-order valence-electron chi connectivity index (χ3n) is 2.24. The van der Waals surface area contributed by atoms with Crippen molar-refractivity contribution >= 4 is 11.4 Å². The van der Waals surface area contributed by atoms with Crippen molar-refractivity contribution in [3.8, 4) is 5.75 Å². The van der Waals surface area contributed by atoms with Crippen molar-refractivity contribution in [1.29, 1.82) is 0 Å². The molecule has 6 heteroatoms. The van der Waals surface area contributed by atoms with Crippen LogP contribution in [0.4, 0.5) is 20.2 Å². The molecule has 0 saturated carbocycles. The predicted molar refractivity (Wildman–Crippen MR) is 62.7 cm³/mol. The number of aliphatic hydroxyl groups is 1. The summed E-state index contributed by atoms with van der Waals surface area (Å²) in [4.78, 5) is 1.36. The maximum atomic E-state index is 12.4. The Morgan fingerprint density at radius 2 is 2.12 bits per heavy atom. The van der Waals surface area contributed by atoms with Gasteiger partial charge >= 0.3 is 0 Å². The van der Waals surface area contributed by atoms with E-state index >= 15 is 0 Å². The van der Waals surface area contributed by atoms with Crippen molar-refractivity contribution in [3.05, 3.63) is 18.2 Å². The van der Waals surface area contributed by atoms with Crippen molar-refractivity contribution in [2.45, 2.75) is 6.43 Å². The highest BCUT2D eigenvalue weighted by Gasteiger charge is 2.13. The first-order valence-electron chi connectivity index (χ1n) is 5.15. The summed E-state index contributed by atoms with van der Waals surface area (Å²) < 4.78 is 29.8. The molecule has 1 rings (SSSR count). The summed E-state index contributed by atoms with van der Waals surface area (Å²) in [5.41, 5.74) is 6.58. The topological polar surface area (TPSA) is 58.7 Å². The van der Waals surface area contributed by atoms with Gasteiger partial charge in [0.1, 0.15) is 5.75 Å². The number of halogens is 2. The van der Waals surface area contributed by atoms with Crippen LogP contribution in [-0.2, 0) is 0 Å². The summed E-state index contributed by atoms with van der Waals surface area (Å²) in [6.07, 6.45) is -2.48. The molecule has 0 saturated heterocycles. The van der Waals surface area contributed by atoms with Gasteiger partial charge < -0.3 is 20.5 Å². The van der Waals surface area contributed by atoms with Crippen molar-refractivity contribution in [3.63, 3.8) is 0 Å². The summed E-state index contributed by atoms with van der Waals surface area (Å²) >= 11 is 0. The molecule has 0 heterocycles. The fourth-order valence-corrected chi connectivity index (χ4v) is 1.52. The number of aliphatic hydroxyl groups excluding tert-OH is 1. The number of methoxy groups -OCH3 is 1. The van der Waals surface area contributed by atoms with E-state index in [1.165, 1.54) is 12.0 Å². The summed E-state index contributed by atoms with van der Waals surface area (Å²) in [5.74, 6) is 0.497. The lowest BCUT2D eigenvalue weighted by molar-refractivity contribution is 0.153. The number of nitrogens with zero attached hydrogens (tertiary/aromatic N) is 1. The zero-order valence-electron chi connectivity index (χ0n) is 9.57. The second kappa shape index (κ2) is 6.24. The maximum Gasteiger partial charge on any atom is 0.255 e. The van der Waals surface area contributed by atoms with E-state index in [2.05, 4.69) is 0 Å². The highest BCUT2D eigenvalue weighted by molar-refractivity contribution is 5.60. The Morgan fingerprint density at radius 3 is 2.65 bits per heavy atom. The van der Waals surface area contributed by atoms with Crippen LogP contribution in [0.3, 0.4) is 0 Å². The van der Waals surface area contributed by atoms with Crippen LogP contribution >= 0.6 is 0 Å². The molecular formula is C11H16F2N2O2. The molecule has 0 unspecified atom stereocenters. The number of rotatable bonds is 6. The van der Waals surface area contributed by atoms with Crippen molar-refractivity contribution in [2.75, 3.05) is 37.4 Å². The van der Waals surface area contributed by atoms with E-state index in [1.807, 2.05) is 0 Å². The van der Waals surface area contributed by atoms with Gasteiger partial charge in [0.2, 0.25) is 0 Å². The lowest BCUT2D eigenvalue weighted by atomic mass is 10.2. The highest BCUT2D eigenvalue weighted by Crippen LogP contribution is 2.25. The molecule has 0 aliphatic carbocycles. The SMILES string of the molecule is COc1cc(N)cc(N(CCO)CC(F)F)c1. The van der Waals surface area contributed by atoms with E-state index in [1.54, 1.807) is 18.2 Å². The van der Waals surface area contributed by atoms with Gasteiger partial charge in [0.15, 0.2) is 0 Å². The smallest absolute Gasteiger partial charge is 0.255 e. The monoisotopic (exact) mass is 246 g/mol. The quantitative estimate of drug-likeness (QED) is 0.744. The zero-order valence-corrected chi connectivity index (χ0v) is 9.57. The summed E-state index contributed by atoms with van der Waals surface area (Å²) in [6.45, 7) is -0.534. The molecule has 4 nitrogen and oxygen atoms in total. The lowest BCUT2D eigenvalue weighted by Crippen LogP contribution is -2.31. The van der Waals surface area contributed by atoms with Gasteiger partial charge in [-0.1, -0.05) is 0 Å². The molecule has 3 N–H and O–H groups in total. The fraction of sp³-hybridized carbons (Fsp3) is 0.455. The minimum atomic E-state index is -2.48. The predicted octanol–water partition coefficient (Wildman–Crippen LogP) is 1.34. The molecule has 96 valence electrons. The third kappa shape index (κ3) is 4.07. The standard InChI is InChI=1S/C11H16F2N2O2/c1-17-10-5-8(14)4-9(6-10)15(2-3-16)7-11(12)13/h4-6,11,16H,2-3,7,14H2,1H3. The van der Waals surface area contributed by atoms with Crippen LogP contribution in [0.25, 0.3) is 0 Å². The molecule has 0 fully saturated rings. The van der Waals surface area contributed by atoms with E-state index < -0.39 is 13.0 Å². The second-order valence-corrected chi connectivity index (χ2v) is 3.53. The summed E-state index contributed by atoms with van der Waals surface area (Å²) in [7, 11) is 1.47. The molecule has 0 spiro atoms. The Labute approximate surface area is 98.6 Å². The van der Waals surface area contributed by atoms with Gasteiger partial charge in [0.05, 0.1) is 20.3 Å². The number of ether oxygens (including phenoxy) is 1. The first-order valence-corrected chi connectivity index (χ1v) is 5.15. The van der Waals surface area contributed by atoms with Crippen LogP contribution in [-0.4, -0.2) is 38.3 Å². The van der Waals surface area contributed by atoms with Crippen molar-refractivity contribution in [2.24, 2.45) is 0 Å². The Bertz CT molecular complexity index is 361. The van der Waals surface area contributed by atoms with Crippen LogP contribution < -0.4 is 15.4 Å². The Balaban J connectivity index is 2.95. The van der Waals surface area contributed by atoms with Gasteiger partial charge in [-0.3, -0.25) is 0 Å². The molecule has 0 aliphatic rings. The number of alkyl halides is 2. The van der Waals surface area contributed by atoms with E-state index in [-0.39, 0.29) is 13.2 Å². The van der Waals surface area contributed by atoms with Gasteiger partial charge in [-0.15, -0.1) is 0 Å². The van der Waals surface area contributed by atoms with Crippen LogP contribution in [0, 0.1) is 0 Å². The van der Waals surface area contributed by atoms with E-state index in [9.17, 15) is 8.78 Å². The van der Waals surface area contributed by atoms with E-state index in [0.717, 1.165) is 0 Å². The summed E-state index contributed by atoms with van der Waals surface area (Å²) in [6, 6.07) is 4.78. The summed E-state index contributed by atoms with van der Waals surface area (Å²) in [5, 5.41) is 8.86. The average molecular weight is 246 g/mol. The maximum absolute atomic E-state index is 12.4. The van der Waals surface area contributed by atoms with Gasteiger partial charge in [0, 0.05) is 30.1 Å². The van der Waals surface area contributed by atoms with Crippen molar-refractivity contribution in [1.82, 2.24) is 0 Å². The van der Waals surface area contributed by atoms with Gasteiger partial charge in [-0.2, -0.15) is 0 Å². The first kappa shape index (κ1) is 13.5. The van der Waals surface area contributed by atoms with Crippen LogP contribution in [0.5, 0.6) is 5.75 Å². The number of hydrogen-bond donors (Lipinski definition) is 2. The molecule has 17 heavy (non-hydrogen) atoms.